The smallest absolute Gasteiger partial charge is 0.366 e. The fraction of sp³-hybridized carbons (Fsp3) is 0.364. The fourth-order valence-corrected chi connectivity index (χ4v) is 7.19. The second-order valence-electron chi connectivity index (χ2n) is 12.8. The zero-order valence-electron chi connectivity index (χ0n) is 28.3. The maximum absolute atomic E-state index is 13.5. The number of sulfone groups is 1. The Morgan fingerprint density at radius 1 is 0.735 bits per heavy atom. The lowest BCUT2D eigenvalue weighted by Crippen LogP contribution is -2.54. The number of aryl methyl sites for hydroxylation is 1. The molecule has 266 valence electrons. The monoisotopic (exact) mass is 719 g/mol. The molecule has 0 aliphatic carbocycles. The van der Waals surface area contributed by atoms with Crippen LogP contribution < -0.4 is 20.4 Å². The minimum atomic E-state index is -4.70. The van der Waals surface area contributed by atoms with Gasteiger partial charge in [0.1, 0.15) is 27.6 Å². The number of nitrogens with two attached hydrogens (primary N) is 2. The number of guanidine groups is 1. The molecule has 0 heterocycles. The van der Waals surface area contributed by atoms with Crippen LogP contribution in [0, 0.1) is 6.92 Å². The van der Waals surface area contributed by atoms with Gasteiger partial charge in [0.25, 0.3) is 0 Å². The third-order valence-corrected chi connectivity index (χ3v) is 9.44. The van der Waals surface area contributed by atoms with Crippen LogP contribution in [0.25, 0.3) is 0 Å². The van der Waals surface area contributed by atoms with Crippen molar-refractivity contribution in [1.29, 1.82) is 0 Å². The average Bonchev–Trinajstić information content (AvgIpc) is 2.97. The first-order chi connectivity index (χ1) is 22.6. The summed E-state index contributed by atoms with van der Waals surface area (Å²) >= 11 is 0. The Kier molecular flexibility index (Phi) is 11.6. The number of hydrogen-bond donors (Lipinski definition) is 2. The summed E-state index contributed by atoms with van der Waals surface area (Å²) in [6.07, 6.45) is -0.513. The van der Waals surface area contributed by atoms with E-state index in [-0.39, 0.29) is 16.4 Å². The molecule has 0 radical (unpaired) electrons. The molecule has 0 atom stereocenters. The number of ether oxygens (including phenoxy) is 3. The number of oxime groups is 1. The van der Waals surface area contributed by atoms with Gasteiger partial charge in [-0.25, -0.2) is 18.0 Å². The molecule has 16 heteroatoms. The quantitative estimate of drug-likeness (QED) is 0.0639. The van der Waals surface area contributed by atoms with Crippen LogP contribution in [0.5, 0.6) is 11.5 Å². The summed E-state index contributed by atoms with van der Waals surface area (Å²) in [4.78, 5) is 31.1. The van der Waals surface area contributed by atoms with Crippen molar-refractivity contribution in [3.63, 3.8) is 0 Å². The van der Waals surface area contributed by atoms with Crippen LogP contribution in [-0.4, -0.2) is 58.1 Å². The topological polar surface area (TPSA) is 213 Å². The highest BCUT2D eigenvalue weighted by Gasteiger charge is 2.55. The molecule has 3 rings (SSSR count). The predicted molar refractivity (Wildman–Crippen MR) is 179 cm³/mol. The second kappa shape index (κ2) is 14.7. The largest absolute Gasteiger partial charge is 0.493 e. The van der Waals surface area contributed by atoms with Crippen molar-refractivity contribution in [3.05, 3.63) is 78.4 Å². The number of rotatable bonds is 13. The van der Waals surface area contributed by atoms with Crippen LogP contribution in [0.15, 0.2) is 92.6 Å². The van der Waals surface area contributed by atoms with Gasteiger partial charge in [-0.15, -0.1) is 0 Å². The van der Waals surface area contributed by atoms with Crippen molar-refractivity contribution in [3.8, 4) is 11.5 Å². The standard InChI is InChI=1S/C33H41N3O11S2/c1-22-19-23(43-18-17-33(47-36-30(34)35,28(37)44-31(2,3)4)29(38)45-32(5,6)7)21-24(20-22)46-49(41,42)27-16-12-11-15-26(27)48(39,40)25-13-9-8-10-14-25/h8-16,19-21H,17-18H2,1-7H3,(H4,34,35,36). The van der Waals surface area contributed by atoms with E-state index in [0.29, 0.717) is 5.56 Å². The van der Waals surface area contributed by atoms with E-state index in [2.05, 4.69) is 5.16 Å². The second-order valence-corrected chi connectivity index (χ2v) is 16.3. The van der Waals surface area contributed by atoms with Gasteiger partial charge in [0, 0.05) is 12.5 Å². The molecule has 49 heavy (non-hydrogen) atoms. The summed E-state index contributed by atoms with van der Waals surface area (Å²) in [5, 5.41) is 3.45. The van der Waals surface area contributed by atoms with Gasteiger partial charge < -0.3 is 34.7 Å². The third kappa shape index (κ3) is 10.3. The molecular weight excluding hydrogens is 679 g/mol. The Bertz CT molecular complexity index is 1880. The number of nitrogens with zero attached hydrogens (tertiary/aromatic N) is 1. The van der Waals surface area contributed by atoms with Crippen molar-refractivity contribution < 1.29 is 49.7 Å². The molecule has 3 aromatic carbocycles. The van der Waals surface area contributed by atoms with Gasteiger partial charge in [0.15, 0.2) is 0 Å². The minimum absolute atomic E-state index is 0.0690. The van der Waals surface area contributed by atoms with Crippen LogP contribution in [-0.2, 0) is 43.9 Å². The molecule has 0 bridgehead atoms. The molecule has 14 nitrogen and oxygen atoms in total. The van der Waals surface area contributed by atoms with Gasteiger partial charge in [-0.3, -0.25) is 0 Å². The van der Waals surface area contributed by atoms with Crippen LogP contribution >= 0.6 is 0 Å². The molecule has 0 amide bonds. The first-order valence-corrected chi connectivity index (χ1v) is 17.8. The summed E-state index contributed by atoms with van der Waals surface area (Å²) in [5.41, 5.74) is 6.74. The first-order valence-electron chi connectivity index (χ1n) is 14.9. The average molecular weight is 720 g/mol. The van der Waals surface area contributed by atoms with Crippen molar-refractivity contribution in [1.82, 2.24) is 0 Å². The number of carbonyl (C=O) groups excluding carboxylic acids is 2. The van der Waals surface area contributed by atoms with Gasteiger partial charge in [-0.1, -0.05) is 30.3 Å². The van der Waals surface area contributed by atoms with Gasteiger partial charge >= 0.3 is 27.7 Å². The molecule has 3 aromatic rings. The van der Waals surface area contributed by atoms with Gasteiger partial charge in [0.05, 0.1) is 16.4 Å². The van der Waals surface area contributed by atoms with E-state index in [1.807, 2.05) is 0 Å². The molecule has 0 aromatic heterocycles. The fourth-order valence-electron chi connectivity index (χ4n) is 4.19. The maximum atomic E-state index is 13.5. The third-order valence-electron chi connectivity index (χ3n) is 6.18. The lowest BCUT2D eigenvalue weighted by Gasteiger charge is -2.32. The van der Waals surface area contributed by atoms with Crippen LogP contribution in [0.4, 0.5) is 0 Å². The number of esters is 2. The molecule has 0 aliphatic rings. The SMILES string of the molecule is Cc1cc(OCCC(ON=C(N)N)(C(=O)OC(C)(C)C)C(=O)OC(C)(C)C)cc(OS(=O)(=O)c2ccccc2S(=O)(=O)c2ccccc2)c1. The Labute approximate surface area is 286 Å². The Hall–Kier alpha value is -4.83. The molecule has 4 N–H and O–H groups in total. The van der Waals surface area contributed by atoms with Crippen LogP contribution in [0.3, 0.4) is 0 Å². The molecule has 0 spiro atoms. The normalized spacial score (nSPS) is 12.4. The van der Waals surface area contributed by atoms with Crippen molar-refractivity contribution >= 4 is 37.9 Å². The van der Waals surface area contributed by atoms with Crippen LogP contribution in [0.1, 0.15) is 53.5 Å². The molecule has 0 saturated heterocycles. The summed E-state index contributed by atoms with van der Waals surface area (Å²) in [5.74, 6) is -3.02. The van der Waals surface area contributed by atoms with E-state index < -0.39 is 77.5 Å². The van der Waals surface area contributed by atoms with Gasteiger partial charge in [-0.05, 0) is 95.6 Å². The Balaban J connectivity index is 1.94. The lowest BCUT2D eigenvalue weighted by molar-refractivity contribution is -0.205. The minimum Gasteiger partial charge on any atom is -0.493 e. The zero-order chi connectivity index (χ0) is 36.8. The molecule has 0 unspecified atom stereocenters. The highest BCUT2D eigenvalue weighted by Crippen LogP contribution is 2.32. The van der Waals surface area contributed by atoms with E-state index in [1.165, 1.54) is 60.7 Å². The Morgan fingerprint density at radius 2 is 1.24 bits per heavy atom. The first kappa shape index (κ1) is 38.6. The molecule has 0 saturated carbocycles. The zero-order valence-corrected chi connectivity index (χ0v) is 29.9. The molecule has 0 aliphatic heterocycles. The van der Waals surface area contributed by atoms with Crippen molar-refractivity contribution in [2.75, 3.05) is 6.61 Å². The Morgan fingerprint density at radius 3 is 1.78 bits per heavy atom. The maximum Gasteiger partial charge on any atom is 0.366 e. The van der Waals surface area contributed by atoms with Crippen molar-refractivity contribution in [2.45, 2.75) is 86.4 Å². The van der Waals surface area contributed by atoms with Gasteiger partial charge in [0.2, 0.25) is 15.8 Å². The van der Waals surface area contributed by atoms with E-state index >= 15 is 0 Å². The number of benzene rings is 3. The van der Waals surface area contributed by atoms with E-state index in [4.69, 9.17) is 34.7 Å². The number of hydrogen-bond acceptors (Lipinski definition) is 12. The summed E-state index contributed by atoms with van der Waals surface area (Å²) in [7, 11) is -8.93. The highest BCUT2D eigenvalue weighted by atomic mass is 32.2. The molecule has 0 fully saturated rings. The van der Waals surface area contributed by atoms with E-state index in [0.717, 1.165) is 6.07 Å². The van der Waals surface area contributed by atoms with Crippen LogP contribution in [0.2, 0.25) is 0 Å². The summed E-state index contributed by atoms with van der Waals surface area (Å²) < 4.78 is 75.9. The predicted octanol–water partition coefficient (Wildman–Crippen LogP) is 3.99. The lowest BCUT2D eigenvalue weighted by atomic mass is 9.99. The van der Waals surface area contributed by atoms with E-state index in [1.54, 1.807) is 54.5 Å². The van der Waals surface area contributed by atoms with Crippen molar-refractivity contribution in [2.24, 2.45) is 16.6 Å². The number of carbonyl (C=O) groups is 2. The van der Waals surface area contributed by atoms with Gasteiger partial charge in [-0.2, -0.15) is 8.42 Å². The molecular formula is C33H41N3O11S2. The summed E-state index contributed by atoms with van der Waals surface area (Å²) in [6, 6.07) is 16.6. The summed E-state index contributed by atoms with van der Waals surface area (Å²) in [6.45, 7) is 10.7. The van der Waals surface area contributed by atoms with E-state index in [9.17, 15) is 26.4 Å². The highest BCUT2D eigenvalue weighted by molar-refractivity contribution is 7.93.